The monoisotopic (exact) mass is 456 g/mol. The van der Waals surface area contributed by atoms with Gasteiger partial charge in [0, 0.05) is 11.6 Å². The van der Waals surface area contributed by atoms with Crippen molar-refractivity contribution in [3.05, 3.63) is 108 Å². The number of esters is 1. The Morgan fingerprint density at radius 2 is 1.74 bits per heavy atom. The smallest absolute Gasteiger partial charge is 0.336 e. The molecule has 0 bridgehead atoms. The fourth-order valence-electron chi connectivity index (χ4n) is 2.81. The number of rotatable bonds is 10. The Morgan fingerprint density at radius 1 is 0.971 bits per heavy atom. The minimum atomic E-state index is -0.531. The highest BCUT2D eigenvalue weighted by Crippen LogP contribution is 2.27. The first-order valence-corrected chi connectivity index (χ1v) is 10.4. The zero-order chi connectivity index (χ0) is 24.2. The van der Waals surface area contributed by atoms with Crippen LogP contribution in [0.15, 0.2) is 96.6 Å². The molecular formula is C27H24N2O5. The SMILES string of the molecule is C=CCOc1ccc(C(=O)N/N=C\c2ccc(OC(=O)/C=C/c3ccccc3)c(OC)c2)cc1. The molecular weight excluding hydrogens is 432 g/mol. The van der Waals surface area contributed by atoms with E-state index in [4.69, 9.17) is 14.2 Å². The molecule has 3 aromatic rings. The third-order valence-electron chi connectivity index (χ3n) is 4.47. The Morgan fingerprint density at radius 3 is 2.44 bits per heavy atom. The number of hydrogen-bond acceptors (Lipinski definition) is 6. The molecule has 1 amide bonds. The van der Waals surface area contributed by atoms with E-state index in [-0.39, 0.29) is 11.7 Å². The van der Waals surface area contributed by atoms with E-state index in [9.17, 15) is 9.59 Å². The number of benzene rings is 3. The summed E-state index contributed by atoms with van der Waals surface area (Å²) in [6.45, 7) is 3.98. The maximum atomic E-state index is 12.3. The molecule has 0 fully saturated rings. The van der Waals surface area contributed by atoms with Gasteiger partial charge < -0.3 is 14.2 Å². The zero-order valence-corrected chi connectivity index (χ0v) is 18.6. The third kappa shape index (κ3) is 7.20. The van der Waals surface area contributed by atoms with E-state index >= 15 is 0 Å². The zero-order valence-electron chi connectivity index (χ0n) is 18.6. The molecule has 0 heterocycles. The predicted octanol–water partition coefficient (Wildman–Crippen LogP) is 4.64. The lowest BCUT2D eigenvalue weighted by molar-refractivity contribution is -0.129. The fourth-order valence-corrected chi connectivity index (χ4v) is 2.81. The van der Waals surface area contributed by atoms with Gasteiger partial charge >= 0.3 is 5.97 Å². The summed E-state index contributed by atoms with van der Waals surface area (Å²) in [6.07, 6.45) is 6.12. The summed E-state index contributed by atoms with van der Waals surface area (Å²) < 4.78 is 16.1. The second-order valence-corrected chi connectivity index (χ2v) is 6.90. The Kier molecular flexibility index (Phi) is 8.76. The van der Waals surface area contributed by atoms with E-state index in [0.29, 0.717) is 29.2 Å². The molecule has 1 N–H and O–H groups in total. The average Bonchev–Trinajstić information content (AvgIpc) is 2.87. The van der Waals surface area contributed by atoms with E-state index in [2.05, 4.69) is 17.1 Å². The van der Waals surface area contributed by atoms with Crippen LogP contribution in [0.2, 0.25) is 0 Å². The first kappa shape index (κ1) is 24.0. The van der Waals surface area contributed by atoms with Gasteiger partial charge in [0.05, 0.1) is 13.3 Å². The number of carbonyl (C=O) groups is 2. The van der Waals surface area contributed by atoms with E-state index in [1.54, 1.807) is 54.6 Å². The van der Waals surface area contributed by atoms with Gasteiger partial charge in [-0.15, -0.1) is 0 Å². The first-order chi connectivity index (χ1) is 16.6. The summed E-state index contributed by atoms with van der Waals surface area (Å²) in [5, 5.41) is 3.98. The minimum Gasteiger partial charge on any atom is -0.493 e. The van der Waals surface area contributed by atoms with Crippen LogP contribution in [0.4, 0.5) is 0 Å². The molecule has 7 nitrogen and oxygen atoms in total. The normalized spacial score (nSPS) is 10.7. The summed E-state index contributed by atoms with van der Waals surface area (Å²) in [4.78, 5) is 24.4. The first-order valence-electron chi connectivity index (χ1n) is 10.4. The van der Waals surface area contributed by atoms with Gasteiger partial charge in [0.1, 0.15) is 12.4 Å². The quantitative estimate of drug-likeness (QED) is 0.120. The Hall–Kier alpha value is -4.65. The van der Waals surface area contributed by atoms with Gasteiger partial charge in [0.15, 0.2) is 11.5 Å². The van der Waals surface area contributed by atoms with E-state index < -0.39 is 5.97 Å². The molecule has 172 valence electrons. The third-order valence-corrected chi connectivity index (χ3v) is 4.47. The summed E-state index contributed by atoms with van der Waals surface area (Å²) in [6, 6.07) is 21.0. The molecule has 0 radical (unpaired) electrons. The van der Waals surface area contributed by atoms with Crippen LogP contribution in [0.5, 0.6) is 17.2 Å². The van der Waals surface area contributed by atoms with Crippen molar-refractivity contribution in [3.63, 3.8) is 0 Å². The van der Waals surface area contributed by atoms with Gasteiger partial charge in [-0.1, -0.05) is 43.0 Å². The predicted molar refractivity (Wildman–Crippen MR) is 131 cm³/mol. The van der Waals surface area contributed by atoms with Crippen LogP contribution in [0, 0.1) is 0 Å². The van der Waals surface area contributed by atoms with Crippen molar-refractivity contribution >= 4 is 24.2 Å². The largest absolute Gasteiger partial charge is 0.493 e. The maximum Gasteiger partial charge on any atom is 0.336 e. The number of hydrazone groups is 1. The van der Waals surface area contributed by atoms with E-state index in [1.807, 2.05) is 30.3 Å². The van der Waals surface area contributed by atoms with Crippen molar-refractivity contribution in [3.8, 4) is 17.2 Å². The fraction of sp³-hybridized carbons (Fsp3) is 0.0741. The van der Waals surface area contributed by atoms with Crippen molar-refractivity contribution in [2.45, 2.75) is 0 Å². The number of hydrogen-bond donors (Lipinski definition) is 1. The Balaban J connectivity index is 1.58. The summed E-state index contributed by atoms with van der Waals surface area (Å²) in [5.74, 6) is 0.367. The standard InChI is InChI=1S/C27H24N2O5/c1-3-17-33-23-13-11-22(12-14-23)27(31)29-28-19-21-9-15-24(25(18-21)32-2)34-26(30)16-10-20-7-5-4-6-8-20/h3-16,18-19H,1,17H2,2H3,(H,29,31)/b16-10+,28-19-. The van der Waals surface area contributed by atoms with Crippen LogP contribution in [0.1, 0.15) is 21.5 Å². The highest BCUT2D eigenvalue weighted by atomic mass is 16.6. The van der Waals surface area contributed by atoms with Crippen LogP contribution in [-0.2, 0) is 4.79 Å². The van der Waals surface area contributed by atoms with Gasteiger partial charge in [-0.2, -0.15) is 5.10 Å². The van der Waals surface area contributed by atoms with Crippen LogP contribution >= 0.6 is 0 Å². The number of carbonyl (C=O) groups excluding carboxylic acids is 2. The van der Waals surface area contributed by atoms with Crippen molar-refractivity contribution in [1.29, 1.82) is 0 Å². The molecule has 0 unspecified atom stereocenters. The summed E-state index contributed by atoms with van der Waals surface area (Å²) >= 11 is 0. The van der Waals surface area contributed by atoms with Gasteiger partial charge in [-0.05, 0) is 59.7 Å². The molecule has 0 atom stereocenters. The summed E-state index contributed by atoms with van der Waals surface area (Å²) in [7, 11) is 1.47. The number of nitrogens with one attached hydrogen (secondary N) is 1. The van der Waals surface area contributed by atoms with Gasteiger partial charge in [-0.3, -0.25) is 4.79 Å². The van der Waals surface area contributed by atoms with E-state index in [0.717, 1.165) is 5.56 Å². The average molecular weight is 456 g/mol. The van der Waals surface area contributed by atoms with Gasteiger partial charge in [0.2, 0.25) is 0 Å². The number of nitrogens with zero attached hydrogens (tertiary/aromatic N) is 1. The maximum absolute atomic E-state index is 12.3. The second-order valence-electron chi connectivity index (χ2n) is 6.90. The van der Waals surface area contributed by atoms with Crippen molar-refractivity contribution in [2.75, 3.05) is 13.7 Å². The lowest BCUT2D eigenvalue weighted by Crippen LogP contribution is -2.17. The lowest BCUT2D eigenvalue weighted by Gasteiger charge is -2.08. The molecule has 0 aromatic heterocycles. The Labute approximate surface area is 198 Å². The molecule has 3 aromatic carbocycles. The van der Waals surface area contributed by atoms with Crippen LogP contribution in [-0.4, -0.2) is 31.8 Å². The molecule has 3 rings (SSSR count). The van der Waals surface area contributed by atoms with Crippen molar-refractivity contribution in [1.82, 2.24) is 5.43 Å². The second kappa shape index (κ2) is 12.4. The molecule has 0 aliphatic carbocycles. The molecule has 0 saturated carbocycles. The molecule has 0 aliphatic heterocycles. The van der Waals surface area contributed by atoms with Gasteiger partial charge in [-0.25, -0.2) is 10.2 Å². The van der Waals surface area contributed by atoms with Crippen LogP contribution in [0.25, 0.3) is 6.08 Å². The highest BCUT2D eigenvalue weighted by Gasteiger charge is 2.09. The van der Waals surface area contributed by atoms with Crippen molar-refractivity contribution < 1.29 is 23.8 Å². The van der Waals surface area contributed by atoms with Crippen LogP contribution < -0.4 is 19.6 Å². The molecule has 7 heteroatoms. The van der Waals surface area contributed by atoms with Crippen molar-refractivity contribution in [2.24, 2.45) is 5.10 Å². The number of methoxy groups -OCH3 is 1. The van der Waals surface area contributed by atoms with Gasteiger partial charge in [0.25, 0.3) is 5.91 Å². The van der Waals surface area contributed by atoms with E-state index in [1.165, 1.54) is 19.4 Å². The summed E-state index contributed by atoms with van der Waals surface area (Å²) in [5.41, 5.74) is 4.43. The topological polar surface area (TPSA) is 86.2 Å². The van der Waals surface area contributed by atoms with Crippen LogP contribution in [0.3, 0.4) is 0 Å². The highest BCUT2D eigenvalue weighted by molar-refractivity contribution is 5.95. The molecule has 0 spiro atoms. The number of amides is 1. The number of ether oxygens (including phenoxy) is 3. The lowest BCUT2D eigenvalue weighted by atomic mass is 10.2. The molecule has 34 heavy (non-hydrogen) atoms. The molecule has 0 saturated heterocycles. The minimum absolute atomic E-state index is 0.269. The Bertz CT molecular complexity index is 1190. The molecule has 0 aliphatic rings.